The molecule has 1 aromatic carbocycles. The van der Waals surface area contributed by atoms with Crippen LogP contribution in [0.4, 0.5) is 11.5 Å². The molecular weight excluding hydrogens is 272 g/mol. The second kappa shape index (κ2) is 6.01. The minimum Gasteiger partial charge on any atom is -0.378 e. The van der Waals surface area contributed by atoms with E-state index in [4.69, 9.17) is 4.74 Å². The molecule has 2 heterocycles. The van der Waals surface area contributed by atoms with Crippen LogP contribution in [0.5, 0.6) is 0 Å². The lowest BCUT2D eigenvalue weighted by molar-refractivity contribution is -0.384. The predicted molar refractivity (Wildman–Crippen MR) is 78.3 cm³/mol. The summed E-state index contributed by atoms with van der Waals surface area (Å²) in [4.78, 5) is 18.8. The molecule has 110 valence electrons. The smallest absolute Gasteiger partial charge is 0.270 e. The van der Waals surface area contributed by atoms with Crippen molar-refractivity contribution in [1.82, 2.24) is 9.97 Å². The summed E-state index contributed by atoms with van der Waals surface area (Å²) in [6, 6.07) is 4.59. The Morgan fingerprint density at radius 1 is 1.43 bits per heavy atom. The van der Waals surface area contributed by atoms with E-state index in [-0.39, 0.29) is 5.69 Å². The molecule has 7 heteroatoms. The van der Waals surface area contributed by atoms with Gasteiger partial charge in [-0.25, -0.2) is 9.97 Å². The van der Waals surface area contributed by atoms with Gasteiger partial charge in [0.25, 0.3) is 5.69 Å². The van der Waals surface area contributed by atoms with Crippen LogP contribution in [0.1, 0.15) is 19.3 Å². The van der Waals surface area contributed by atoms with Crippen molar-refractivity contribution in [2.24, 2.45) is 0 Å². The fraction of sp³-hybridized carbons (Fsp3) is 0.429. The topological polar surface area (TPSA) is 90.2 Å². The fourth-order valence-corrected chi connectivity index (χ4v) is 2.52. The summed E-state index contributed by atoms with van der Waals surface area (Å²) in [5, 5.41) is 14.8. The van der Waals surface area contributed by atoms with Crippen molar-refractivity contribution in [2.75, 3.05) is 18.5 Å². The Balaban J connectivity index is 1.76. The standard InChI is InChI=1S/C14H16N4O3/c19-18(20)10-3-4-13-12(8-10)14(17-9-16-13)15-6-5-11-2-1-7-21-11/h3-4,8-9,11H,1-2,5-7H2,(H,15,16,17). The number of non-ortho nitro benzene ring substituents is 1. The highest BCUT2D eigenvalue weighted by Crippen LogP contribution is 2.24. The number of nitro groups is 1. The normalized spacial score (nSPS) is 18.0. The first kappa shape index (κ1) is 13.7. The molecule has 0 saturated carbocycles. The van der Waals surface area contributed by atoms with Crippen LogP contribution in [0.25, 0.3) is 10.9 Å². The highest BCUT2D eigenvalue weighted by Gasteiger charge is 2.15. The van der Waals surface area contributed by atoms with Crippen LogP contribution in [-0.4, -0.2) is 34.1 Å². The van der Waals surface area contributed by atoms with E-state index in [9.17, 15) is 10.1 Å². The third-order valence-corrected chi connectivity index (χ3v) is 3.61. The minimum absolute atomic E-state index is 0.0412. The maximum atomic E-state index is 10.9. The Hall–Kier alpha value is -2.28. The monoisotopic (exact) mass is 288 g/mol. The van der Waals surface area contributed by atoms with Crippen LogP contribution in [0.15, 0.2) is 24.5 Å². The molecule has 1 aliphatic rings. The molecule has 0 radical (unpaired) electrons. The molecule has 0 spiro atoms. The zero-order chi connectivity index (χ0) is 14.7. The molecule has 0 bridgehead atoms. The zero-order valence-corrected chi connectivity index (χ0v) is 11.5. The molecule has 1 unspecified atom stereocenters. The molecule has 0 amide bonds. The lowest BCUT2D eigenvalue weighted by atomic mass is 10.2. The molecule has 1 saturated heterocycles. The third kappa shape index (κ3) is 3.08. The van der Waals surface area contributed by atoms with E-state index in [0.29, 0.717) is 22.8 Å². The van der Waals surface area contributed by atoms with Gasteiger partial charge in [-0.15, -0.1) is 0 Å². The Kier molecular flexibility index (Phi) is 3.92. The average molecular weight is 288 g/mol. The van der Waals surface area contributed by atoms with E-state index in [0.717, 1.165) is 32.4 Å². The summed E-state index contributed by atoms with van der Waals surface area (Å²) in [5.41, 5.74) is 0.731. The number of hydrogen-bond donors (Lipinski definition) is 1. The molecule has 3 rings (SSSR count). The minimum atomic E-state index is -0.414. The van der Waals surface area contributed by atoms with Gasteiger partial charge in [0.1, 0.15) is 12.1 Å². The molecule has 2 aromatic rings. The van der Waals surface area contributed by atoms with E-state index in [1.807, 2.05) is 0 Å². The highest BCUT2D eigenvalue weighted by molar-refractivity contribution is 5.90. The largest absolute Gasteiger partial charge is 0.378 e. The SMILES string of the molecule is O=[N+]([O-])c1ccc2ncnc(NCCC3CCCO3)c2c1. The van der Waals surface area contributed by atoms with Gasteiger partial charge < -0.3 is 10.1 Å². The number of ether oxygens (including phenoxy) is 1. The Morgan fingerprint density at radius 3 is 3.10 bits per heavy atom. The molecule has 0 aliphatic carbocycles. The highest BCUT2D eigenvalue weighted by atomic mass is 16.6. The first-order valence-corrected chi connectivity index (χ1v) is 6.98. The number of fused-ring (bicyclic) bond motifs is 1. The predicted octanol–water partition coefficient (Wildman–Crippen LogP) is 2.52. The first-order valence-electron chi connectivity index (χ1n) is 6.98. The quantitative estimate of drug-likeness (QED) is 0.671. The van der Waals surface area contributed by atoms with Gasteiger partial charge in [0.15, 0.2) is 0 Å². The Labute approximate surface area is 121 Å². The van der Waals surface area contributed by atoms with Gasteiger partial charge in [0.05, 0.1) is 16.5 Å². The van der Waals surface area contributed by atoms with Crippen LogP contribution < -0.4 is 5.32 Å². The molecule has 1 aromatic heterocycles. The second-order valence-electron chi connectivity index (χ2n) is 5.03. The number of hydrogen-bond acceptors (Lipinski definition) is 6. The van der Waals surface area contributed by atoms with Crippen molar-refractivity contribution >= 4 is 22.4 Å². The Bertz CT molecular complexity index is 656. The average Bonchev–Trinajstić information content (AvgIpc) is 3.00. The lowest BCUT2D eigenvalue weighted by Crippen LogP contribution is -2.13. The van der Waals surface area contributed by atoms with Crippen LogP contribution in [-0.2, 0) is 4.74 Å². The number of nitrogens with one attached hydrogen (secondary N) is 1. The second-order valence-corrected chi connectivity index (χ2v) is 5.03. The molecule has 7 nitrogen and oxygen atoms in total. The molecular formula is C14H16N4O3. The van der Waals surface area contributed by atoms with E-state index < -0.39 is 4.92 Å². The van der Waals surface area contributed by atoms with Gasteiger partial charge in [-0.05, 0) is 25.3 Å². The summed E-state index contributed by atoms with van der Waals surface area (Å²) in [6.07, 6.45) is 4.88. The van der Waals surface area contributed by atoms with Gasteiger partial charge in [-0.1, -0.05) is 0 Å². The molecule has 21 heavy (non-hydrogen) atoms. The maximum Gasteiger partial charge on any atom is 0.270 e. The van der Waals surface area contributed by atoms with Gasteiger partial charge in [-0.2, -0.15) is 0 Å². The fourth-order valence-electron chi connectivity index (χ4n) is 2.52. The van der Waals surface area contributed by atoms with Crippen molar-refractivity contribution in [3.8, 4) is 0 Å². The van der Waals surface area contributed by atoms with E-state index in [2.05, 4.69) is 15.3 Å². The van der Waals surface area contributed by atoms with Gasteiger partial charge >= 0.3 is 0 Å². The van der Waals surface area contributed by atoms with E-state index in [1.165, 1.54) is 18.5 Å². The van der Waals surface area contributed by atoms with Crippen LogP contribution in [0.2, 0.25) is 0 Å². The molecule has 1 fully saturated rings. The van der Waals surface area contributed by atoms with E-state index >= 15 is 0 Å². The van der Waals surface area contributed by atoms with Crippen molar-refractivity contribution in [1.29, 1.82) is 0 Å². The van der Waals surface area contributed by atoms with Gasteiger partial charge in [0, 0.05) is 30.7 Å². The first-order chi connectivity index (χ1) is 10.2. The Morgan fingerprint density at radius 2 is 2.33 bits per heavy atom. The van der Waals surface area contributed by atoms with Crippen LogP contribution in [0.3, 0.4) is 0 Å². The number of nitro benzene ring substituents is 1. The van der Waals surface area contributed by atoms with E-state index in [1.54, 1.807) is 6.07 Å². The molecule has 1 aliphatic heterocycles. The molecule has 1 N–H and O–H groups in total. The number of rotatable bonds is 5. The van der Waals surface area contributed by atoms with Crippen molar-refractivity contribution < 1.29 is 9.66 Å². The van der Waals surface area contributed by atoms with Crippen molar-refractivity contribution in [3.05, 3.63) is 34.6 Å². The lowest BCUT2D eigenvalue weighted by Gasteiger charge is -2.11. The summed E-state index contributed by atoms with van der Waals surface area (Å²) in [5.74, 6) is 0.627. The summed E-state index contributed by atoms with van der Waals surface area (Å²) in [7, 11) is 0. The number of nitrogens with zero attached hydrogens (tertiary/aromatic N) is 3. The van der Waals surface area contributed by atoms with Crippen molar-refractivity contribution in [2.45, 2.75) is 25.4 Å². The maximum absolute atomic E-state index is 10.9. The summed E-state index contributed by atoms with van der Waals surface area (Å²) < 4.78 is 5.57. The van der Waals surface area contributed by atoms with Crippen LogP contribution >= 0.6 is 0 Å². The number of benzene rings is 1. The summed E-state index contributed by atoms with van der Waals surface area (Å²) >= 11 is 0. The number of aromatic nitrogens is 2. The van der Waals surface area contributed by atoms with Gasteiger partial charge in [-0.3, -0.25) is 10.1 Å². The molecule has 1 atom stereocenters. The summed E-state index contributed by atoms with van der Waals surface area (Å²) in [6.45, 7) is 1.56. The zero-order valence-electron chi connectivity index (χ0n) is 11.5. The van der Waals surface area contributed by atoms with Gasteiger partial charge in [0.2, 0.25) is 0 Å². The van der Waals surface area contributed by atoms with Crippen LogP contribution in [0, 0.1) is 10.1 Å². The number of anilines is 1. The van der Waals surface area contributed by atoms with Crippen molar-refractivity contribution in [3.63, 3.8) is 0 Å². The third-order valence-electron chi connectivity index (χ3n) is 3.61.